The molecular weight excluding hydrogens is 340 g/mol. The Morgan fingerprint density at radius 3 is 2.62 bits per heavy atom. The Labute approximate surface area is 128 Å². The first kappa shape index (κ1) is 15.0. The van der Waals surface area contributed by atoms with E-state index in [1.807, 2.05) is 6.07 Å². The minimum absolute atomic E-state index is 0.134. The maximum absolute atomic E-state index is 11.1. The van der Waals surface area contributed by atoms with Crippen molar-refractivity contribution in [3.05, 3.63) is 62.1 Å². The molecule has 0 bridgehead atoms. The monoisotopic (exact) mass is 350 g/mol. The number of carbonyl (C=O) groups is 1. The van der Waals surface area contributed by atoms with Gasteiger partial charge >= 0.3 is 5.97 Å². The summed E-state index contributed by atoms with van der Waals surface area (Å²) in [5.41, 5.74) is 1.10. The quantitative estimate of drug-likeness (QED) is 0.639. The van der Waals surface area contributed by atoms with Crippen molar-refractivity contribution < 1.29 is 14.8 Å². The Bertz CT molecular complexity index is 731. The van der Waals surface area contributed by atoms with Gasteiger partial charge < -0.3 is 10.4 Å². The summed E-state index contributed by atoms with van der Waals surface area (Å²) in [6.07, 6.45) is 0. The molecule has 0 saturated heterocycles. The molecule has 0 fully saturated rings. The zero-order chi connectivity index (χ0) is 15.6. The van der Waals surface area contributed by atoms with Gasteiger partial charge in [-0.15, -0.1) is 0 Å². The normalized spacial score (nSPS) is 10.2. The third-order valence-corrected chi connectivity index (χ3v) is 3.42. The summed E-state index contributed by atoms with van der Waals surface area (Å²) in [6.45, 7) is 1.57. The van der Waals surface area contributed by atoms with E-state index in [4.69, 9.17) is 5.11 Å². The predicted molar refractivity (Wildman–Crippen MR) is 82.2 cm³/mol. The second kappa shape index (κ2) is 5.92. The molecule has 2 aromatic carbocycles. The lowest BCUT2D eigenvalue weighted by atomic mass is 10.1. The van der Waals surface area contributed by atoms with E-state index in [1.54, 1.807) is 25.1 Å². The van der Waals surface area contributed by atoms with E-state index in [0.29, 0.717) is 16.9 Å². The van der Waals surface area contributed by atoms with Crippen molar-refractivity contribution in [3.8, 4) is 0 Å². The van der Waals surface area contributed by atoms with Crippen molar-refractivity contribution in [2.45, 2.75) is 6.92 Å². The first-order valence-electron chi connectivity index (χ1n) is 5.93. The van der Waals surface area contributed by atoms with E-state index < -0.39 is 10.9 Å². The molecule has 108 valence electrons. The number of carboxylic acids is 1. The van der Waals surface area contributed by atoms with Crippen LogP contribution >= 0.6 is 15.9 Å². The van der Waals surface area contributed by atoms with Crippen molar-refractivity contribution >= 4 is 39.0 Å². The molecule has 0 heterocycles. The molecule has 2 rings (SSSR count). The second-order valence-electron chi connectivity index (χ2n) is 4.37. The van der Waals surface area contributed by atoms with Crippen LogP contribution in [0.3, 0.4) is 0 Å². The molecule has 0 aromatic heterocycles. The van der Waals surface area contributed by atoms with E-state index in [-0.39, 0.29) is 11.3 Å². The first-order chi connectivity index (χ1) is 9.88. The first-order valence-corrected chi connectivity index (χ1v) is 6.72. The van der Waals surface area contributed by atoms with Gasteiger partial charge in [-0.05, 0) is 31.2 Å². The molecule has 0 aliphatic carbocycles. The number of anilines is 2. The van der Waals surface area contributed by atoms with E-state index >= 15 is 0 Å². The molecule has 0 amide bonds. The van der Waals surface area contributed by atoms with E-state index in [0.717, 1.165) is 10.5 Å². The van der Waals surface area contributed by atoms with Crippen LogP contribution < -0.4 is 5.32 Å². The van der Waals surface area contributed by atoms with Gasteiger partial charge in [0.2, 0.25) is 0 Å². The SMILES string of the molecule is Cc1c(Nc2cccc(Br)c2)cc(C(=O)O)cc1[N+](=O)[O-]. The molecular formula is C14H11BrN2O4. The Morgan fingerprint density at radius 2 is 2.05 bits per heavy atom. The van der Waals surface area contributed by atoms with Gasteiger partial charge in [0.1, 0.15) is 0 Å². The number of aromatic carboxylic acids is 1. The predicted octanol–water partition coefficient (Wildman–Crippen LogP) is 4.11. The van der Waals surface area contributed by atoms with Crippen LogP contribution in [0.1, 0.15) is 15.9 Å². The molecule has 0 aliphatic heterocycles. The van der Waals surface area contributed by atoms with Crippen molar-refractivity contribution in [2.75, 3.05) is 5.32 Å². The largest absolute Gasteiger partial charge is 0.478 e. The smallest absolute Gasteiger partial charge is 0.336 e. The number of benzene rings is 2. The molecule has 21 heavy (non-hydrogen) atoms. The lowest BCUT2D eigenvalue weighted by Gasteiger charge is -2.11. The van der Waals surface area contributed by atoms with Crippen molar-refractivity contribution in [2.24, 2.45) is 0 Å². The Morgan fingerprint density at radius 1 is 1.33 bits per heavy atom. The fourth-order valence-corrected chi connectivity index (χ4v) is 2.26. The van der Waals surface area contributed by atoms with E-state index in [1.165, 1.54) is 6.07 Å². The Hall–Kier alpha value is -2.41. The highest BCUT2D eigenvalue weighted by Gasteiger charge is 2.19. The highest BCUT2D eigenvalue weighted by molar-refractivity contribution is 9.10. The third-order valence-electron chi connectivity index (χ3n) is 2.93. The zero-order valence-electron chi connectivity index (χ0n) is 11.0. The molecule has 0 atom stereocenters. The van der Waals surface area contributed by atoms with Crippen LogP contribution in [0.25, 0.3) is 0 Å². The lowest BCUT2D eigenvalue weighted by molar-refractivity contribution is -0.385. The minimum Gasteiger partial charge on any atom is -0.478 e. The van der Waals surface area contributed by atoms with Crippen LogP contribution in [0, 0.1) is 17.0 Å². The lowest BCUT2D eigenvalue weighted by Crippen LogP contribution is -2.03. The van der Waals surface area contributed by atoms with Gasteiger partial charge in [0.05, 0.1) is 16.1 Å². The van der Waals surface area contributed by atoms with Crippen LogP contribution in [0.4, 0.5) is 17.1 Å². The van der Waals surface area contributed by atoms with Gasteiger partial charge in [-0.3, -0.25) is 10.1 Å². The standard InChI is InChI=1S/C14H11BrN2O4/c1-8-12(16-11-4-2-3-10(15)7-11)5-9(14(18)19)6-13(8)17(20)21/h2-7,16H,1H3,(H,18,19). The maximum Gasteiger partial charge on any atom is 0.336 e. The van der Waals surface area contributed by atoms with Gasteiger partial charge in [0.25, 0.3) is 5.69 Å². The number of nitro groups is 1. The van der Waals surface area contributed by atoms with Gasteiger partial charge in [-0.1, -0.05) is 22.0 Å². The highest BCUT2D eigenvalue weighted by atomic mass is 79.9. The van der Waals surface area contributed by atoms with Crippen molar-refractivity contribution in [1.82, 2.24) is 0 Å². The Balaban J connectivity index is 2.51. The number of halogens is 1. The molecule has 0 aliphatic rings. The molecule has 2 N–H and O–H groups in total. The average Bonchev–Trinajstić information content (AvgIpc) is 2.40. The number of nitrogens with zero attached hydrogens (tertiary/aromatic N) is 1. The summed E-state index contributed by atoms with van der Waals surface area (Å²) in [5.74, 6) is -1.21. The summed E-state index contributed by atoms with van der Waals surface area (Å²) in [5, 5.41) is 23.1. The fraction of sp³-hybridized carbons (Fsp3) is 0.0714. The van der Waals surface area contributed by atoms with E-state index in [9.17, 15) is 14.9 Å². The molecule has 0 saturated carbocycles. The van der Waals surface area contributed by atoms with Gasteiger partial charge in [-0.2, -0.15) is 0 Å². The highest BCUT2D eigenvalue weighted by Crippen LogP contribution is 2.30. The number of nitrogens with one attached hydrogen (secondary N) is 1. The summed E-state index contributed by atoms with van der Waals surface area (Å²) in [7, 11) is 0. The summed E-state index contributed by atoms with van der Waals surface area (Å²) >= 11 is 3.33. The maximum atomic E-state index is 11.1. The third kappa shape index (κ3) is 3.38. The van der Waals surface area contributed by atoms with Gasteiger partial charge in [0, 0.05) is 21.9 Å². The molecule has 0 spiro atoms. The number of hydrogen-bond donors (Lipinski definition) is 2. The topological polar surface area (TPSA) is 92.5 Å². The minimum atomic E-state index is -1.21. The second-order valence-corrected chi connectivity index (χ2v) is 5.28. The van der Waals surface area contributed by atoms with Gasteiger partial charge in [0.15, 0.2) is 0 Å². The summed E-state index contributed by atoms with van der Waals surface area (Å²) < 4.78 is 0.842. The average molecular weight is 351 g/mol. The van der Waals surface area contributed by atoms with Crippen molar-refractivity contribution in [3.63, 3.8) is 0 Å². The van der Waals surface area contributed by atoms with Crippen LogP contribution in [0.2, 0.25) is 0 Å². The fourth-order valence-electron chi connectivity index (χ4n) is 1.86. The molecule has 0 radical (unpaired) electrons. The van der Waals surface area contributed by atoms with E-state index in [2.05, 4.69) is 21.2 Å². The summed E-state index contributed by atoms with van der Waals surface area (Å²) in [4.78, 5) is 21.5. The molecule has 0 unspecified atom stereocenters. The molecule has 7 heteroatoms. The zero-order valence-corrected chi connectivity index (χ0v) is 12.5. The van der Waals surface area contributed by atoms with Crippen LogP contribution in [0.5, 0.6) is 0 Å². The number of hydrogen-bond acceptors (Lipinski definition) is 4. The summed E-state index contributed by atoms with van der Waals surface area (Å²) in [6, 6.07) is 9.66. The molecule has 6 nitrogen and oxygen atoms in total. The van der Waals surface area contributed by atoms with Crippen LogP contribution in [-0.2, 0) is 0 Å². The number of rotatable bonds is 4. The Kier molecular flexibility index (Phi) is 4.23. The number of nitro benzene ring substituents is 1. The number of carboxylic acid groups (broad SMARTS) is 1. The van der Waals surface area contributed by atoms with Crippen LogP contribution in [0.15, 0.2) is 40.9 Å². The van der Waals surface area contributed by atoms with Crippen LogP contribution in [-0.4, -0.2) is 16.0 Å². The molecule has 2 aromatic rings. The van der Waals surface area contributed by atoms with Gasteiger partial charge in [-0.25, -0.2) is 4.79 Å². The van der Waals surface area contributed by atoms with Crippen molar-refractivity contribution in [1.29, 1.82) is 0 Å².